The van der Waals surface area contributed by atoms with E-state index in [-0.39, 0.29) is 12.4 Å². The van der Waals surface area contributed by atoms with E-state index in [0.717, 1.165) is 24.6 Å². The molecule has 1 aromatic carbocycles. The zero-order valence-electron chi connectivity index (χ0n) is 13.1. The van der Waals surface area contributed by atoms with Gasteiger partial charge < -0.3 is 8.85 Å². The van der Waals surface area contributed by atoms with Crippen LogP contribution in [0.4, 0.5) is 0 Å². The summed E-state index contributed by atoms with van der Waals surface area (Å²) in [5, 5.41) is 0. The van der Waals surface area contributed by atoms with E-state index in [1.54, 1.807) is 7.11 Å². The van der Waals surface area contributed by atoms with Crippen LogP contribution in [0.2, 0.25) is 26.2 Å². The van der Waals surface area contributed by atoms with E-state index < -0.39 is 16.6 Å². The SMILES string of the molecule is COc1ccc(CN2C[Si](C)(C)O[Si](C)(C)C2)cc1.Cl. The van der Waals surface area contributed by atoms with Gasteiger partial charge in [0.2, 0.25) is 0 Å². The summed E-state index contributed by atoms with van der Waals surface area (Å²) in [6, 6.07) is 8.41. The summed E-state index contributed by atoms with van der Waals surface area (Å²) in [7, 11) is -1.29. The van der Waals surface area contributed by atoms with Gasteiger partial charge in [0, 0.05) is 18.9 Å². The Hall–Kier alpha value is -0.336. The largest absolute Gasteiger partial charge is 0.497 e. The van der Waals surface area contributed by atoms with Crippen LogP contribution in [-0.4, -0.2) is 41.0 Å². The van der Waals surface area contributed by atoms with Crippen molar-refractivity contribution in [2.45, 2.75) is 32.7 Å². The topological polar surface area (TPSA) is 21.7 Å². The molecule has 0 unspecified atom stereocenters. The summed E-state index contributed by atoms with van der Waals surface area (Å²) in [6.45, 7) is 10.4. The van der Waals surface area contributed by atoms with E-state index in [9.17, 15) is 0 Å². The lowest BCUT2D eigenvalue weighted by Gasteiger charge is -2.45. The second-order valence-corrected chi connectivity index (χ2v) is 15.1. The summed E-state index contributed by atoms with van der Waals surface area (Å²) < 4.78 is 11.6. The Morgan fingerprint density at radius 3 is 2.00 bits per heavy atom. The predicted molar refractivity (Wildman–Crippen MR) is 91.6 cm³/mol. The van der Waals surface area contributed by atoms with Gasteiger partial charge in [-0.05, 0) is 43.9 Å². The number of hydrogen-bond donors (Lipinski definition) is 0. The summed E-state index contributed by atoms with van der Waals surface area (Å²) in [4.78, 5) is 2.59. The van der Waals surface area contributed by atoms with E-state index >= 15 is 0 Å². The van der Waals surface area contributed by atoms with Gasteiger partial charge in [0.05, 0.1) is 7.11 Å². The van der Waals surface area contributed by atoms with E-state index in [1.165, 1.54) is 5.56 Å². The molecule has 0 bridgehead atoms. The first-order valence-electron chi connectivity index (χ1n) is 6.85. The second-order valence-electron chi connectivity index (χ2n) is 6.61. The number of rotatable bonds is 3. The molecular formula is C14H26ClNO2Si2. The van der Waals surface area contributed by atoms with E-state index in [4.69, 9.17) is 8.85 Å². The minimum atomic E-state index is -1.50. The van der Waals surface area contributed by atoms with Crippen molar-refractivity contribution in [2.24, 2.45) is 0 Å². The van der Waals surface area contributed by atoms with Crippen LogP contribution in [0.5, 0.6) is 5.75 Å². The molecule has 114 valence electrons. The van der Waals surface area contributed by atoms with Crippen molar-refractivity contribution in [1.29, 1.82) is 0 Å². The third kappa shape index (κ3) is 4.89. The van der Waals surface area contributed by atoms with Crippen LogP contribution in [0, 0.1) is 0 Å². The maximum Gasteiger partial charge on any atom is 0.187 e. The Kier molecular flexibility index (Phi) is 5.86. The first kappa shape index (κ1) is 17.7. The Labute approximate surface area is 130 Å². The molecule has 20 heavy (non-hydrogen) atoms. The first-order chi connectivity index (χ1) is 8.80. The van der Waals surface area contributed by atoms with Crippen molar-refractivity contribution in [3.05, 3.63) is 29.8 Å². The molecule has 0 radical (unpaired) electrons. The van der Waals surface area contributed by atoms with Gasteiger partial charge in [-0.3, -0.25) is 4.90 Å². The second kappa shape index (κ2) is 6.62. The van der Waals surface area contributed by atoms with Crippen LogP contribution in [-0.2, 0) is 10.7 Å². The summed E-state index contributed by atoms with van der Waals surface area (Å²) in [5.74, 6) is 0.926. The lowest BCUT2D eigenvalue weighted by molar-refractivity contribution is 0.291. The number of benzene rings is 1. The lowest BCUT2D eigenvalue weighted by atomic mass is 10.2. The van der Waals surface area contributed by atoms with E-state index in [1.807, 2.05) is 12.1 Å². The molecule has 6 heteroatoms. The summed E-state index contributed by atoms with van der Waals surface area (Å²) in [5.41, 5.74) is 1.36. The smallest absolute Gasteiger partial charge is 0.187 e. The average molecular weight is 332 g/mol. The van der Waals surface area contributed by atoms with Crippen molar-refractivity contribution in [3.63, 3.8) is 0 Å². The first-order valence-corrected chi connectivity index (χ1v) is 13.1. The van der Waals surface area contributed by atoms with Crippen molar-refractivity contribution >= 4 is 29.0 Å². The molecule has 0 spiro atoms. The highest BCUT2D eigenvalue weighted by Gasteiger charge is 2.41. The van der Waals surface area contributed by atoms with Crippen molar-refractivity contribution < 1.29 is 8.85 Å². The quantitative estimate of drug-likeness (QED) is 0.792. The maximum absolute atomic E-state index is 6.38. The molecule has 1 aromatic rings. The molecule has 3 nitrogen and oxygen atoms in total. The van der Waals surface area contributed by atoms with E-state index in [0.29, 0.717) is 0 Å². The van der Waals surface area contributed by atoms with Crippen LogP contribution in [0.15, 0.2) is 24.3 Å². The molecule has 1 aliphatic heterocycles. The minimum Gasteiger partial charge on any atom is -0.497 e. The fraction of sp³-hybridized carbons (Fsp3) is 0.571. The number of halogens is 1. The molecule has 0 aliphatic carbocycles. The average Bonchev–Trinajstić information content (AvgIpc) is 2.25. The highest BCUT2D eigenvalue weighted by Crippen LogP contribution is 2.24. The zero-order valence-corrected chi connectivity index (χ0v) is 15.9. The van der Waals surface area contributed by atoms with Gasteiger partial charge in [0.1, 0.15) is 5.75 Å². The molecule has 0 aromatic heterocycles. The molecule has 2 rings (SSSR count). The Morgan fingerprint density at radius 2 is 1.55 bits per heavy atom. The molecule has 0 atom stereocenters. The van der Waals surface area contributed by atoms with Gasteiger partial charge in [-0.15, -0.1) is 12.4 Å². The van der Waals surface area contributed by atoms with Crippen molar-refractivity contribution in [1.82, 2.24) is 4.90 Å². The molecule has 1 aliphatic rings. The molecular weight excluding hydrogens is 306 g/mol. The van der Waals surface area contributed by atoms with Crippen LogP contribution in [0.3, 0.4) is 0 Å². The van der Waals surface area contributed by atoms with Gasteiger partial charge in [-0.2, -0.15) is 0 Å². The van der Waals surface area contributed by atoms with Crippen LogP contribution < -0.4 is 4.74 Å². The zero-order chi connectivity index (χ0) is 14.1. The van der Waals surface area contributed by atoms with Gasteiger partial charge in [-0.1, -0.05) is 12.1 Å². The van der Waals surface area contributed by atoms with Crippen LogP contribution in [0.25, 0.3) is 0 Å². The molecule has 0 amide bonds. The summed E-state index contributed by atoms with van der Waals surface area (Å²) in [6.07, 6.45) is 2.27. The lowest BCUT2D eigenvalue weighted by Crippen LogP contribution is -2.62. The number of methoxy groups -OCH3 is 1. The van der Waals surface area contributed by atoms with Crippen molar-refractivity contribution in [2.75, 3.05) is 19.4 Å². The predicted octanol–water partition coefficient (Wildman–Crippen LogP) is 3.44. The standard InChI is InChI=1S/C14H25NO2Si2.ClH/c1-16-14-8-6-13(7-9-14)10-15-11-18(2,3)17-19(4,5)12-15;/h6-9H,10-12H2,1-5H3;1H. The fourth-order valence-corrected chi connectivity index (χ4v) is 12.4. The van der Waals surface area contributed by atoms with Crippen molar-refractivity contribution in [3.8, 4) is 5.75 Å². The van der Waals surface area contributed by atoms with Crippen LogP contribution >= 0.6 is 12.4 Å². The number of hydrogen-bond acceptors (Lipinski definition) is 3. The Morgan fingerprint density at radius 1 is 1.05 bits per heavy atom. The highest BCUT2D eigenvalue weighted by atomic mass is 35.5. The third-order valence-corrected chi connectivity index (χ3v) is 10.2. The fourth-order valence-electron chi connectivity index (χ4n) is 3.05. The van der Waals surface area contributed by atoms with E-state index in [2.05, 4.69) is 43.2 Å². The van der Waals surface area contributed by atoms with Gasteiger partial charge in [0.25, 0.3) is 0 Å². The maximum atomic E-state index is 6.38. The molecule has 1 fully saturated rings. The summed E-state index contributed by atoms with van der Waals surface area (Å²) >= 11 is 0. The number of ether oxygens (including phenoxy) is 1. The molecule has 0 saturated carbocycles. The molecule has 0 N–H and O–H groups in total. The van der Waals surface area contributed by atoms with Gasteiger partial charge in [0.15, 0.2) is 16.6 Å². The normalized spacial score (nSPS) is 21.1. The highest BCUT2D eigenvalue weighted by molar-refractivity contribution is 6.86. The Balaban J connectivity index is 0.00000200. The third-order valence-electron chi connectivity index (χ3n) is 3.33. The molecule has 1 heterocycles. The number of nitrogens with zero attached hydrogens (tertiary/aromatic N) is 1. The van der Waals surface area contributed by atoms with Gasteiger partial charge in [-0.25, -0.2) is 0 Å². The van der Waals surface area contributed by atoms with Crippen LogP contribution in [0.1, 0.15) is 5.56 Å². The minimum absolute atomic E-state index is 0. The monoisotopic (exact) mass is 331 g/mol. The Bertz CT molecular complexity index is 421. The van der Waals surface area contributed by atoms with Gasteiger partial charge >= 0.3 is 0 Å². The molecule has 1 saturated heterocycles.